The minimum Gasteiger partial charge on any atom is -0.382 e. The van der Waals surface area contributed by atoms with Crippen LogP contribution < -0.4 is 10.6 Å². The van der Waals surface area contributed by atoms with Gasteiger partial charge in [0.2, 0.25) is 5.91 Å². The zero-order valence-corrected chi connectivity index (χ0v) is 12.8. The second-order valence-corrected chi connectivity index (χ2v) is 5.58. The minimum atomic E-state index is 0.0252. The molecule has 19 heavy (non-hydrogen) atoms. The van der Waals surface area contributed by atoms with E-state index in [1.54, 1.807) is 6.07 Å². The first-order valence-corrected chi connectivity index (χ1v) is 7.18. The molecule has 1 amide bonds. The number of anilines is 2. The van der Waals surface area contributed by atoms with E-state index in [-0.39, 0.29) is 11.8 Å². The van der Waals surface area contributed by atoms with Gasteiger partial charge in [-0.2, -0.15) is 0 Å². The van der Waals surface area contributed by atoms with E-state index in [1.165, 1.54) is 0 Å². The maximum absolute atomic E-state index is 11.9. The van der Waals surface area contributed by atoms with Crippen LogP contribution in [0, 0.1) is 5.92 Å². The van der Waals surface area contributed by atoms with Gasteiger partial charge in [0.05, 0.1) is 10.7 Å². The summed E-state index contributed by atoms with van der Waals surface area (Å²) in [5.41, 5.74) is 1.63. The number of halogens is 1. The molecular formula is C15H23ClN2O. The monoisotopic (exact) mass is 282 g/mol. The quantitative estimate of drug-likeness (QED) is 0.804. The summed E-state index contributed by atoms with van der Waals surface area (Å²) >= 11 is 6.18. The van der Waals surface area contributed by atoms with Crippen LogP contribution in [0.4, 0.5) is 11.4 Å². The highest BCUT2D eigenvalue weighted by Gasteiger charge is 2.12. The van der Waals surface area contributed by atoms with Crippen molar-refractivity contribution in [2.45, 2.75) is 46.6 Å². The van der Waals surface area contributed by atoms with Crippen LogP contribution in [0.5, 0.6) is 0 Å². The van der Waals surface area contributed by atoms with Gasteiger partial charge in [-0.1, -0.05) is 31.9 Å². The maximum atomic E-state index is 11.9. The zero-order chi connectivity index (χ0) is 14.4. The number of carbonyl (C=O) groups is 1. The van der Waals surface area contributed by atoms with Gasteiger partial charge in [-0.3, -0.25) is 4.79 Å². The van der Waals surface area contributed by atoms with Crippen molar-refractivity contribution < 1.29 is 4.79 Å². The van der Waals surface area contributed by atoms with Crippen molar-refractivity contribution in [1.29, 1.82) is 0 Å². The van der Waals surface area contributed by atoms with E-state index in [9.17, 15) is 4.79 Å². The summed E-state index contributed by atoms with van der Waals surface area (Å²) in [6, 6.07) is 5.86. The molecule has 1 unspecified atom stereocenters. The molecule has 1 atom stereocenters. The van der Waals surface area contributed by atoms with Crippen LogP contribution >= 0.6 is 11.6 Å². The number of rotatable bonds is 6. The molecule has 0 aromatic heterocycles. The average molecular weight is 283 g/mol. The Hall–Kier alpha value is -1.22. The molecule has 3 nitrogen and oxygen atoms in total. The molecule has 106 valence electrons. The zero-order valence-electron chi connectivity index (χ0n) is 12.1. The molecule has 0 aliphatic carbocycles. The molecule has 0 radical (unpaired) electrons. The summed E-state index contributed by atoms with van der Waals surface area (Å²) in [5.74, 6) is 0.0692. The Bertz CT molecular complexity index is 432. The first-order chi connectivity index (χ1) is 8.93. The highest BCUT2D eigenvalue weighted by atomic mass is 35.5. The highest BCUT2D eigenvalue weighted by Crippen LogP contribution is 2.26. The predicted octanol–water partition coefficient (Wildman–Crippen LogP) is 4.54. The summed E-state index contributed by atoms with van der Waals surface area (Å²) in [7, 11) is 0. The largest absolute Gasteiger partial charge is 0.382 e. The van der Waals surface area contributed by atoms with E-state index in [2.05, 4.69) is 31.4 Å². The lowest BCUT2D eigenvalue weighted by Crippen LogP contribution is -2.20. The Morgan fingerprint density at radius 2 is 2.00 bits per heavy atom. The minimum absolute atomic E-state index is 0.0252. The molecule has 0 bridgehead atoms. The van der Waals surface area contributed by atoms with Crippen molar-refractivity contribution in [3.63, 3.8) is 0 Å². The number of nitrogens with one attached hydrogen (secondary N) is 2. The topological polar surface area (TPSA) is 41.1 Å². The molecule has 0 spiro atoms. The smallest absolute Gasteiger partial charge is 0.227 e. The summed E-state index contributed by atoms with van der Waals surface area (Å²) in [5, 5.41) is 6.77. The van der Waals surface area contributed by atoms with Gasteiger partial charge in [0.1, 0.15) is 0 Å². The molecule has 0 aliphatic heterocycles. The van der Waals surface area contributed by atoms with Crippen LogP contribution in [-0.4, -0.2) is 11.9 Å². The average Bonchev–Trinajstić information content (AvgIpc) is 2.32. The Morgan fingerprint density at radius 1 is 1.32 bits per heavy atom. The van der Waals surface area contributed by atoms with E-state index in [1.807, 2.05) is 19.1 Å². The number of benzene rings is 1. The number of hydrogen-bond donors (Lipinski definition) is 2. The number of amides is 1. The van der Waals surface area contributed by atoms with Crippen LogP contribution in [0.25, 0.3) is 0 Å². The fourth-order valence-electron chi connectivity index (χ4n) is 1.85. The fraction of sp³-hybridized carbons (Fsp3) is 0.533. The van der Waals surface area contributed by atoms with Crippen molar-refractivity contribution >= 4 is 28.9 Å². The second kappa shape index (κ2) is 7.39. The Balaban J connectivity index is 2.70. The van der Waals surface area contributed by atoms with Crippen LogP contribution in [-0.2, 0) is 4.79 Å². The van der Waals surface area contributed by atoms with Crippen molar-refractivity contribution in [3.8, 4) is 0 Å². The molecular weight excluding hydrogens is 260 g/mol. The van der Waals surface area contributed by atoms with Crippen LogP contribution in [0.2, 0.25) is 5.02 Å². The molecule has 0 saturated heterocycles. The third-order valence-corrected chi connectivity index (χ3v) is 3.16. The van der Waals surface area contributed by atoms with Gasteiger partial charge in [-0.05, 0) is 38.5 Å². The predicted molar refractivity (Wildman–Crippen MR) is 82.9 cm³/mol. The maximum Gasteiger partial charge on any atom is 0.227 e. The van der Waals surface area contributed by atoms with Crippen LogP contribution in [0.15, 0.2) is 18.2 Å². The third-order valence-electron chi connectivity index (χ3n) is 2.85. The second-order valence-electron chi connectivity index (χ2n) is 5.17. The van der Waals surface area contributed by atoms with Gasteiger partial charge in [0, 0.05) is 17.6 Å². The van der Waals surface area contributed by atoms with E-state index in [0.29, 0.717) is 11.1 Å². The van der Waals surface area contributed by atoms with Crippen molar-refractivity contribution in [2.75, 3.05) is 10.6 Å². The van der Waals surface area contributed by atoms with Gasteiger partial charge in [-0.15, -0.1) is 0 Å². The molecule has 1 aromatic carbocycles. The van der Waals surface area contributed by atoms with Gasteiger partial charge in [0.25, 0.3) is 0 Å². The molecule has 0 fully saturated rings. The van der Waals surface area contributed by atoms with Gasteiger partial charge in [-0.25, -0.2) is 0 Å². The van der Waals surface area contributed by atoms with Crippen molar-refractivity contribution in [1.82, 2.24) is 0 Å². The van der Waals surface area contributed by atoms with E-state index < -0.39 is 0 Å². The Labute approximate surface area is 120 Å². The molecule has 4 heteroatoms. The van der Waals surface area contributed by atoms with Crippen LogP contribution in [0.3, 0.4) is 0 Å². The Kier molecular flexibility index (Phi) is 6.16. The van der Waals surface area contributed by atoms with Crippen molar-refractivity contribution in [2.24, 2.45) is 5.92 Å². The molecule has 2 N–H and O–H groups in total. The fourth-order valence-corrected chi connectivity index (χ4v) is 2.09. The summed E-state index contributed by atoms with van der Waals surface area (Å²) in [4.78, 5) is 11.9. The molecule has 0 aliphatic rings. The third kappa shape index (κ3) is 5.11. The summed E-state index contributed by atoms with van der Waals surface area (Å²) in [6.45, 7) is 8.12. The standard InChI is InChI=1S/C15H23ClN2O/c1-5-6-11(4)15(19)18-12-7-8-14(13(16)9-12)17-10(2)3/h7-11,17H,5-6H2,1-4H3,(H,18,19). The molecule has 1 rings (SSSR count). The normalized spacial score (nSPS) is 12.3. The Morgan fingerprint density at radius 3 is 2.53 bits per heavy atom. The SMILES string of the molecule is CCCC(C)C(=O)Nc1ccc(NC(C)C)c(Cl)c1. The van der Waals surface area contributed by atoms with Gasteiger partial charge < -0.3 is 10.6 Å². The van der Waals surface area contributed by atoms with Crippen molar-refractivity contribution in [3.05, 3.63) is 23.2 Å². The molecule has 0 heterocycles. The number of hydrogen-bond acceptors (Lipinski definition) is 2. The summed E-state index contributed by atoms with van der Waals surface area (Å²) < 4.78 is 0. The van der Waals surface area contributed by atoms with Gasteiger partial charge >= 0.3 is 0 Å². The highest BCUT2D eigenvalue weighted by molar-refractivity contribution is 6.33. The lowest BCUT2D eigenvalue weighted by atomic mass is 10.1. The summed E-state index contributed by atoms with van der Waals surface area (Å²) in [6.07, 6.45) is 1.90. The lowest BCUT2D eigenvalue weighted by molar-refractivity contribution is -0.119. The molecule has 0 saturated carbocycles. The lowest BCUT2D eigenvalue weighted by Gasteiger charge is -2.14. The van der Waals surface area contributed by atoms with E-state index >= 15 is 0 Å². The van der Waals surface area contributed by atoms with E-state index in [4.69, 9.17) is 11.6 Å². The van der Waals surface area contributed by atoms with Gasteiger partial charge in [0.15, 0.2) is 0 Å². The first kappa shape index (κ1) is 15.8. The number of carbonyl (C=O) groups excluding carboxylic acids is 1. The first-order valence-electron chi connectivity index (χ1n) is 6.81. The molecule has 1 aromatic rings. The van der Waals surface area contributed by atoms with E-state index in [0.717, 1.165) is 24.2 Å². The van der Waals surface area contributed by atoms with Crippen LogP contribution in [0.1, 0.15) is 40.5 Å².